The molecule has 0 saturated carbocycles. The van der Waals surface area contributed by atoms with Gasteiger partial charge in [-0.25, -0.2) is 0 Å². The molecule has 1 aliphatic heterocycles. The average Bonchev–Trinajstić information content (AvgIpc) is 3.57. The molecule has 7 nitrogen and oxygen atoms in total. The summed E-state index contributed by atoms with van der Waals surface area (Å²) in [5.74, 6) is -0.628. The first kappa shape index (κ1) is 22.0. The Morgan fingerprint density at radius 2 is 1.94 bits per heavy atom. The van der Waals surface area contributed by atoms with Crippen molar-refractivity contribution in [2.45, 2.75) is 12.5 Å². The first-order chi connectivity index (χ1) is 16.5. The number of ether oxygens (including phenoxy) is 1. The van der Waals surface area contributed by atoms with E-state index in [2.05, 4.69) is 15.9 Å². The van der Waals surface area contributed by atoms with Crippen molar-refractivity contribution in [1.29, 1.82) is 0 Å². The lowest BCUT2D eigenvalue weighted by Gasteiger charge is -2.24. The molecule has 1 unspecified atom stereocenters. The van der Waals surface area contributed by atoms with Crippen LogP contribution in [0.4, 0.5) is 0 Å². The fourth-order valence-corrected chi connectivity index (χ4v) is 4.54. The SMILES string of the molecule is COc1ccc(CCN2C(=O)C(O)=C(C(=O)c3cc4cc(Br)ccc4o3)C2c2ccco2)cc1. The molecule has 0 bridgehead atoms. The highest BCUT2D eigenvalue weighted by Gasteiger charge is 2.45. The number of carbonyl (C=O) groups excluding carboxylic acids is 2. The molecule has 34 heavy (non-hydrogen) atoms. The number of hydrogen-bond donors (Lipinski definition) is 1. The van der Waals surface area contributed by atoms with E-state index in [9.17, 15) is 14.7 Å². The summed E-state index contributed by atoms with van der Waals surface area (Å²) in [6.07, 6.45) is 1.98. The molecule has 0 spiro atoms. The van der Waals surface area contributed by atoms with Crippen molar-refractivity contribution in [2.75, 3.05) is 13.7 Å². The summed E-state index contributed by atoms with van der Waals surface area (Å²) in [6.45, 7) is 0.268. The molecule has 0 fully saturated rings. The number of nitrogens with zero attached hydrogens (tertiary/aromatic N) is 1. The van der Waals surface area contributed by atoms with Gasteiger partial charge >= 0.3 is 0 Å². The van der Waals surface area contributed by atoms with Gasteiger partial charge in [0, 0.05) is 16.4 Å². The smallest absolute Gasteiger partial charge is 0.290 e. The molecule has 1 atom stereocenters. The highest BCUT2D eigenvalue weighted by atomic mass is 79.9. The fourth-order valence-electron chi connectivity index (χ4n) is 4.16. The van der Waals surface area contributed by atoms with Crippen molar-refractivity contribution < 1.29 is 28.3 Å². The molecule has 0 radical (unpaired) electrons. The molecule has 3 heterocycles. The largest absolute Gasteiger partial charge is 0.503 e. The Morgan fingerprint density at radius 1 is 1.15 bits per heavy atom. The van der Waals surface area contributed by atoms with Crippen LogP contribution in [-0.2, 0) is 11.2 Å². The summed E-state index contributed by atoms with van der Waals surface area (Å²) in [5, 5.41) is 11.5. The third kappa shape index (κ3) is 3.90. The van der Waals surface area contributed by atoms with Gasteiger partial charge in [-0.05, 0) is 60.5 Å². The lowest BCUT2D eigenvalue weighted by Crippen LogP contribution is -2.32. The highest BCUT2D eigenvalue weighted by molar-refractivity contribution is 9.10. The van der Waals surface area contributed by atoms with Crippen molar-refractivity contribution in [3.63, 3.8) is 0 Å². The molecule has 1 aliphatic rings. The van der Waals surface area contributed by atoms with Crippen LogP contribution >= 0.6 is 15.9 Å². The molecule has 2 aromatic heterocycles. The maximum absolute atomic E-state index is 13.5. The Bertz CT molecular complexity index is 1400. The molecule has 2 aromatic carbocycles. The maximum atomic E-state index is 13.5. The number of aliphatic hydroxyl groups is 1. The van der Waals surface area contributed by atoms with Crippen LogP contribution in [0.1, 0.15) is 27.9 Å². The molecule has 1 amide bonds. The standard InChI is InChI=1S/C26H20BrNO6/c1-32-18-7-4-15(5-8-18)10-11-28-23(20-3-2-12-33-20)22(25(30)26(28)31)24(29)21-14-16-13-17(27)6-9-19(16)34-21/h2-9,12-14,23,30H,10-11H2,1H3. The minimum Gasteiger partial charge on any atom is -0.503 e. The molecule has 8 heteroatoms. The highest BCUT2D eigenvalue weighted by Crippen LogP contribution is 2.40. The van der Waals surface area contributed by atoms with Crippen molar-refractivity contribution in [3.8, 4) is 5.75 Å². The average molecular weight is 522 g/mol. The Balaban J connectivity index is 1.47. The lowest BCUT2D eigenvalue weighted by atomic mass is 9.99. The summed E-state index contributed by atoms with van der Waals surface area (Å²) in [5.41, 5.74) is 1.45. The minimum absolute atomic E-state index is 0.0380. The Kier molecular flexibility index (Phi) is 5.75. The summed E-state index contributed by atoms with van der Waals surface area (Å²) in [7, 11) is 1.60. The number of amides is 1. The van der Waals surface area contributed by atoms with Crippen LogP contribution in [0.2, 0.25) is 0 Å². The number of benzene rings is 2. The molecule has 1 N–H and O–H groups in total. The number of aliphatic hydroxyl groups excluding tert-OH is 1. The summed E-state index contributed by atoms with van der Waals surface area (Å²) in [6, 6.07) is 17.0. The number of hydrogen-bond acceptors (Lipinski definition) is 6. The number of Topliss-reactive ketones (excluding diaryl/α,β-unsaturated/α-hetero) is 1. The van der Waals surface area contributed by atoms with Gasteiger partial charge in [-0.2, -0.15) is 0 Å². The van der Waals surface area contributed by atoms with Crippen LogP contribution in [-0.4, -0.2) is 35.4 Å². The van der Waals surface area contributed by atoms with Gasteiger partial charge in [0.05, 0.1) is 18.9 Å². The number of fused-ring (bicyclic) bond motifs is 1. The van der Waals surface area contributed by atoms with Crippen molar-refractivity contribution >= 4 is 38.6 Å². The molecule has 5 rings (SSSR count). The van der Waals surface area contributed by atoms with Gasteiger partial charge in [0.2, 0.25) is 5.78 Å². The van der Waals surface area contributed by atoms with E-state index in [1.54, 1.807) is 31.4 Å². The molecule has 0 saturated heterocycles. The van der Waals surface area contributed by atoms with Gasteiger partial charge in [0.25, 0.3) is 5.91 Å². The number of halogens is 1. The number of carbonyl (C=O) groups is 2. The zero-order valence-corrected chi connectivity index (χ0v) is 19.7. The van der Waals surface area contributed by atoms with Crippen LogP contribution in [0.25, 0.3) is 11.0 Å². The van der Waals surface area contributed by atoms with Gasteiger partial charge in [-0.15, -0.1) is 0 Å². The number of ketones is 1. The predicted molar refractivity (Wildman–Crippen MR) is 128 cm³/mol. The molecular formula is C26H20BrNO6. The van der Waals surface area contributed by atoms with Crippen LogP contribution < -0.4 is 4.74 Å². The van der Waals surface area contributed by atoms with Gasteiger partial charge < -0.3 is 23.6 Å². The maximum Gasteiger partial charge on any atom is 0.290 e. The van der Waals surface area contributed by atoms with Gasteiger partial charge in [0.1, 0.15) is 23.1 Å². The third-order valence-corrected chi connectivity index (χ3v) is 6.36. The Morgan fingerprint density at radius 3 is 2.65 bits per heavy atom. The molecular weight excluding hydrogens is 502 g/mol. The van der Waals surface area contributed by atoms with E-state index in [0.29, 0.717) is 17.8 Å². The minimum atomic E-state index is -0.867. The zero-order chi connectivity index (χ0) is 23.8. The van der Waals surface area contributed by atoms with E-state index in [1.807, 2.05) is 36.4 Å². The monoisotopic (exact) mass is 521 g/mol. The van der Waals surface area contributed by atoms with E-state index < -0.39 is 23.5 Å². The molecule has 0 aliphatic carbocycles. The number of rotatable bonds is 7. The second-order valence-corrected chi connectivity index (χ2v) is 8.81. The second kappa shape index (κ2) is 8.87. The van der Waals surface area contributed by atoms with Gasteiger partial charge in [0.15, 0.2) is 11.5 Å². The zero-order valence-electron chi connectivity index (χ0n) is 18.2. The van der Waals surface area contributed by atoms with E-state index in [-0.39, 0.29) is 17.9 Å². The van der Waals surface area contributed by atoms with E-state index in [1.165, 1.54) is 11.2 Å². The second-order valence-electron chi connectivity index (χ2n) is 7.90. The van der Waals surface area contributed by atoms with Crippen LogP contribution in [0, 0.1) is 0 Å². The first-order valence-electron chi connectivity index (χ1n) is 10.6. The van der Waals surface area contributed by atoms with Crippen LogP contribution in [0.3, 0.4) is 0 Å². The molecule has 4 aromatic rings. The molecule has 172 valence electrons. The topological polar surface area (TPSA) is 93.1 Å². The predicted octanol–water partition coefficient (Wildman–Crippen LogP) is 5.62. The Hall–Kier alpha value is -3.78. The van der Waals surface area contributed by atoms with Crippen LogP contribution in [0.15, 0.2) is 91.6 Å². The van der Waals surface area contributed by atoms with Crippen molar-refractivity contribution in [2.24, 2.45) is 0 Å². The summed E-state index contributed by atoms with van der Waals surface area (Å²) >= 11 is 3.40. The van der Waals surface area contributed by atoms with Gasteiger partial charge in [-0.3, -0.25) is 9.59 Å². The Labute approximate surface area is 203 Å². The van der Waals surface area contributed by atoms with Crippen LogP contribution in [0.5, 0.6) is 5.75 Å². The van der Waals surface area contributed by atoms with Crippen molar-refractivity contribution in [3.05, 3.63) is 99.8 Å². The van der Waals surface area contributed by atoms with E-state index in [4.69, 9.17) is 13.6 Å². The normalized spacial score (nSPS) is 16.0. The number of furan rings is 2. The summed E-state index contributed by atoms with van der Waals surface area (Å²) < 4.78 is 17.4. The van der Waals surface area contributed by atoms with Crippen molar-refractivity contribution in [1.82, 2.24) is 4.90 Å². The quantitative estimate of drug-likeness (QED) is 0.317. The summed E-state index contributed by atoms with van der Waals surface area (Å²) in [4.78, 5) is 28.0. The number of methoxy groups -OCH3 is 1. The third-order valence-electron chi connectivity index (χ3n) is 5.86. The lowest BCUT2D eigenvalue weighted by molar-refractivity contribution is -0.129. The fraction of sp³-hybridized carbons (Fsp3) is 0.154. The van der Waals surface area contributed by atoms with E-state index in [0.717, 1.165) is 21.2 Å². The van der Waals surface area contributed by atoms with E-state index >= 15 is 0 Å². The first-order valence-corrected chi connectivity index (χ1v) is 11.4. The van der Waals surface area contributed by atoms with Gasteiger partial charge in [-0.1, -0.05) is 28.1 Å².